The molecule has 0 N–H and O–H groups in total. The maximum absolute atomic E-state index is 6.07. The third kappa shape index (κ3) is 4.12. The second kappa shape index (κ2) is 7.93. The lowest BCUT2D eigenvalue weighted by Gasteiger charge is -2.29. The largest absolute Gasteiger partial charge is 0.496 e. The Bertz CT molecular complexity index is 639. The minimum atomic E-state index is 0.329. The number of para-hydroxylation sites is 1. The summed E-state index contributed by atoms with van der Waals surface area (Å²) in [5.74, 6) is 1.59. The molecule has 0 radical (unpaired) electrons. The number of ether oxygens (including phenoxy) is 2. The van der Waals surface area contributed by atoms with Crippen LogP contribution in [0.25, 0.3) is 0 Å². The predicted molar refractivity (Wildman–Crippen MR) is 94.7 cm³/mol. The summed E-state index contributed by atoms with van der Waals surface area (Å²) >= 11 is 3.52. The van der Waals surface area contributed by atoms with Crippen molar-refractivity contribution in [3.05, 3.63) is 58.3 Å². The molecule has 1 heterocycles. The molecule has 1 saturated carbocycles. The van der Waals surface area contributed by atoms with Crippen LogP contribution in [0.3, 0.4) is 0 Å². The molecule has 3 nitrogen and oxygen atoms in total. The fourth-order valence-corrected chi connectivity index (χ4v) is 3.64. The van der Waals surface area contributed by atoms with Gasteiger partial charge in [-0.05, 0) is 71.3 Å². The summed E-state index contributed by atoms with van der Waals surface area (Å²) in [5, 5.41) is 0. The van der Waals surface area contributed by atoms with Crippen LogP contribution in [0.1, 0.15) is 42.9 Å². The SMILES string of the molecule is COc1ccccc1C1CCC(OCc2ncccc2Br)CC1. The van der Waals surface area contributed by atoms with Gasteiger partial charge in [0.1, 0.15) is 5.75 Å². The third-order valence-electron chi connectivity index (χ3n) is 4.54. The van der Waals surface area contributed by atoms with Gasteiger partial charge in [0.15, 0.2) is 0 Å². The summed E-state index contributed by atoms with van der Waals surface area (Å²) in [7, 11) is 1.75. The van der Waals surface area contributed by atoms with Gasteiger partial charge >= 0.3 is 0 Å². The van der Waals surface area contributed by atoms with Crippen LogP contribution >= 0.6 is 15.9 Å². The number of hydrogen-bond donors (Lipinski definition) is 0. The first-order valence-electron chi connectivity index (χ1n) is 8.12. The lowest BCUT2D eigenvalue weighted by Crippen LogP contribution is -2.21. The fraction of sp³-hybridized carbons (Fsp3) is 0.421. The van der Waals surface area contributed by atoms with Crippen molar-refractivity contribution in [1.82, 2.24) is 4.98 Å². The number of benzene rings is 1. The Morgan fingerprint density at radius 1 is 1.09 bits per heavy atom. The molecule has 0 aliphatic heterocycles. The van der Waals surface area contributed by atoms with E-state index in [1.807, 2.05) is 24.4 Å². The van der Waals surface area contributed by atoms with Gasteiger partial charge in [-0.2, -0.15) is 0 Å². The average molecular weight is 376 g/mol. The highest BCUT2D eigenvalue weighted by atomic mass is 79.9. The van der Waals surface area contributed by atoms with Crippen molar-refractivity contribution in [1.29, 1.82) is 0 Å². The molecule has 1 aromatic carbocycles. The lowest BCUT2D eigenvalue weighted by molar-refractivity contribution is 0.0114. The third-order valence-corrected chi connectivity index (χ3v) is 5.27. The van der Waals surface area contributed by atoms with Crippen molar-refractivity contribution in [3.63, 3.8) is 0 Å². The van der Waals surface area contributed by atoms with Crippen LogP contribution < -0.4 is 4.74 Å². The van der Waals surface area contributed by atoms with Gasteiger partial charge < -0.3 is 9.47 Å². The summed E-state index contributed by atoms with van der Waals surface area (Å²) in [6, 6.07) is 12.3. The Balaban J connectivity index is 1.53. The normalized spacial score (nSPS) is 21.1. The monoisotopic (exact) mass is 375 g/mol. The topological polar surface area (TPSA) is 31.4 Å². The highest BCUT2D eigenvalue weighted by molar-refractivity contribution is 9.10. The van der Waals surface area contributed by atoms with Gasteiger partial charge in [0.2, 0.25) is 0 Å². The van der Waals surface area contributed by atoms with Crippen LogP contribution in [0.2, 0.25) is 0 Å². The van der Waals surface area contributed by atoms with E-state index in [0.29, 0.717) is 18.6 Å². The van der Waals surface area contributed by atoms with E-state index in [1.54, 1.807) is 7.11 Å². The maximum atomic E-state index is 6.07. The van der Waals surface area contributed by atoms with Crippen LogP contribution in [0.5, 0.6) is 5.75 Å². The van der Waals surface area contributed by atoms with Gasteiger partial charge in [0.25, 0.3) is 0 Å². The molecule has 0 atom stereocenters. The summed E-state index contributed by atoms with van der Waals surface area (Å²) in [6.07, 6.45) is 6.61. The van der Waals surface area contributed by atoms with E-state index in [-0.39, 0.29) is 0 Å². The van der Waals surface area contributed by atoms with Crippen molar-refractivity contribution in [3.8, 4) is 5.75 Å². The van der Waals surface area contributed by atoms with Crippen LogP contribution in [-0.2, 0) is 11.3 Å². The summed E-state index contributed by atoms with van der Waals surface area (Å²) in [4.78, 5) is 4.36. The summed E-state index contributed by atoms with van der Waals surface area (Å²) in [6.45, 7) is 0.575. The molecule has 0 amide bonds. The first-order chi connectivity index (χ1) is 11.3. The van der Waals surface area contributed by atoms with Crippen molar-refractivity contribution >= 4 is 15.9 Å². The quantitative estimate of drug-likeness (QED) is 0.728. The van der Waals surface area contributed by atoms with E-state index in [1.165, 1.54) is 5.56 Å². The molecule has 0 spiro atoms. The van der Waals surface area contributed by atoms with E-state index in [0.717, 1.165) is 41.6 Å². The Morgan fingerprint density at radius 2 is 1.87 bits per heavy atom. The Morgan fingerprint density at radius 3 is 2.61 bits per heavy atom. The number of methoxy groups -OCH3 is 1. The Kier molecular flexibility index (Phi) is 5.68. The zero-order valence-corrected chi connectivity index (χ0v) is 15.0. The molecule has 2 aromatic rings. The Labute approximate surface area is 146 Å². The molecule has 23 heavy (non-hydrogen) atoms. The maximum Gasteiger partial charge on any atom is 0.122 e. The number of halogens is 1. The van der Waals surface area contributed by atoms with E-state index < -0.39 is 0 Å². The molecule has 4 heteroatoms. The van der Waals surface area contributed by atoms with E-state index in [9.17, 15) is 0 Å². The minimum Gasteiger partial charge on any atom is -0.496 e. The lowest BCUT2D eigenvalue weighted by atomic mass is 9.82. The molecular formula is C19H22BrNO2. The molecule has 122 valence electrons. The van der Waals surface area contributed by atoms with Crippen LogP contribution in [0, 0.1) is 0 Å². The molecule has 0 unspecified atom stereocenters. The van der Waals surface area contributed by atoms with Gasteiger partial charge in [-0.1, -0.05) is 18.2 Å². The number of rotatable bonds is 5. The van der Waals surface area contributed by atoms with Crippen molar-refractivity contribution in [2.75, 3.05) is 7.11 Å². The number of pyridine rings is 1. The molecule has 1 aliphatic rings. The van der Waals surface area contributed by atoms with Crippen molar-refractivity contribution in [2.45, 2.75) is 44.3 Å². The predicted octanol–water partition coefficient (Wildman–Crippen LogP) is 5.10. The van der Waals surface area contributed by atoms with E-state index in [2.05, 4.69) is 39.1 Å². The van der Waals surface area contributed by atoms with Gasteiger partial charge in [-0.15, -0.1) is 0 Å². The first kappa shape index (κ1) is 16.5. The second-order valence-electron chi connectivity index (χ2n) is 5.96. The highest BCUT2D eigenvalue weighted by Gasteiger charge is 2.24. The molecular weight excluding hydrogens is 354 g/mol. The number of aromatic nitrogens is 1. The van der Waals surface area contributed by atoms with Crippen LogP contribution in [0.4, 0.5) is 0 Å². The average Bonchev–Trinajstić information content (AvgIpc) is 2.61. The van der Waals surface area contributed by atoms with Crippen LogP contribution in [0.15, 0.2) is 47.1 Å². The van der Waals surface area contributed by atoms with Crippen molar-refractivity contribution in [2.24, 2.45) is 0 Å². The zero-order valence-electron chi connectivity index (χ0n) is 13.4. The van der Waals surface area contributed by atoms with Gasteiger partial charge in [-0.25, -0.2) is 0 Å². The highest BCUT2D eigenvalue weighted by Crippen LogP contribution is 2.38. The second-order valence-corrected chi connectivity index (χ2v) is 6.81. The molecule has 1 aliphatic carbocycles. The first-order valence-corrected chi connectivity index (χ1v) is 8.91. The molecule has 1 aromatic heterocycles. The molecule has 0 saturated heterocycles. The molecule has 0 bridgehead atoms. The number of hydrogen-bond acceptors (Lipinski definition) is 3. The van der Waals surface area contributed by atoms with Crippen molar-refractivity contribution < 1.29 is 9.47 Å². The van der Waals surface area contributed by atoms with Gasteiger partial charge in [0, 0.05) is 10.7 Å². The zero-order chi connectivity index (χ0) is 16.1. The standard InChI is InChI=1S/C19H22BrNO2/c1-22-19-7-3-2-5-16(19)14-8-10-15(11-9-14)23-13-18-17(20)6-4-12-21-18/h2-7,12,14-15H,8-11,13H2,1H3. The van der Waals surface area contributed by atoms with Crippen LogP contribution in [-0.4, -0.2) is 18.2 Å². The summed E-state index contributed by atoms with van der Waals surface area (Å²) in [5.41, 5.74) is 2.31. The molecule has 3 rings (SSSR count). The van der Waals surface area contributed by atoms with E-state index >= 15 is 0 Å². The Hall–Kier alpha value is -1.39. The van der Waals surface area contributed by atoms with E-state index in [4.69, 9.17) is 9.47 Å². The molecule has 1 fully saturated rings. The fourth-order valence-electron chi connectivity index (χ4n) is 3.27. The van der Waals surface area contributed by atoms with Gasteiger partial charge in [0.05, 0.1) is 25.5 Å². The minimum absolute atomic E-state index is 0.329. The smallest absolute Gasteiger partial charge is 0.122 e. The van der Waals surface area contributed by atoms with Gasteiger partial charge in [-0.3, -0.25) is 4.98 Å². The number of nitrogens with zero attached hydrogens (tertiary/aromatic N) is 1. The summed E-state index contributed by atoms with van der Waals surface area (Å²) < 4.78 is 12.6.